The van der Waals surface area contributed by atoms with Crippen LogP contribution in [0.1, 0.15) is 34.1 Å². The van der Waals surface area contributed by atoms with Crippen LogP contribution < -0.4 is 9.30 Å². The maximum Gasteiger partial charge on any atom is 0.376 e. The quantitative estimate of drug-likeness (QED) is 0.751. The fraction of sp³-hybridized carbons (Fsp3) is 0.438. The normalized spacial score (nSPS) is 11.8. The lowest BCUT2D eigenvalue weighted by atomic mass is 10.1. The Kier molecular flexibility index (Phi) is 3.55. The Morgan fingerprint density at radius 1 is 1.11 bits per heavy atom. The van der Waals surface area contributed by atoms with Gasteiger partial charge in [0.05, 0.1) is 12.0 Å². The fourth-order valence-electron chi connectivity index (χ4n) is 2.06. The number of pyridine rings is 1. The Balaban J connectivity index is 2.63. The molecular weight excluding hydrogens is 222 g/mol. The summed E-state index contributed by atoms with van der Waals surface area (Å²) in [5.74, 6) is 0.974. The van der Waals surface area contributed by atoms with Gasteiger partial charge in [-0.05, 0) is 17.9 Å². The van der Waals surface area contributed by atoms with Gasteiger partial charge in [-0.2, -0.15) is 4.57 Å². The standard InChI is InChI=1S/C16H22NO/c1-5-12-18-15-14-9-7-6-8-13(14)10-11-17(15)16(2,3)4/h6-11H,5,12H2,1-4H3/q+1. The molecule has 0 spiro atoms. The molecule has 0 aliphatic heterocycles. The molecule has 0 atom stereocenters. The minimum Gasteiger partial charge on any atom is -0.444 e. The van der Waals surface area contributed by atoms with Crippen LogP contribution >= 0.6 is 0 Å². The van der Waals surface area contributed by atoms with Crippen molar-refractivity contribution in [3.8, 4) is 5.88 Å². The first-order chi connectivity index (χ1) is 8.54. The number of ether oxygens (including phenoxy) is 1. The third-order valence-electron chi connectivity index (χ3n) is 2.98. The highest BCUT2D eigenvalue weighted by atomic mass is 16.5. The molecule has 0 N–H and O–H groups in total. The fourth-order valence-corrected chi connectivity index (χ4v) is 2.06. The summed E-state index contributed by atoms with van der Waals surface area (Å²) >= 11 is 0. The van der Waals surface area contributed by atoms with Gasteiger partial charge in [0.1, 0.15) is 0 Å². The molecule has 2 nitrogen and oxygen atoms in total. The summed E-state index contributed by atoms with van der Waals surface area (Å²) in [6.45, 7) is 9.47. The van der Waals surface area contributed by atoms with Crippen molar-refractivity contribution < 1.29 is 9.30 Å². The smallest absolute Gasteiger partial charge is 0.376 e. The van der Waals surface area contributed by atoms with E-state index in [1.807, 2.05) is 0 Å². The minimum atomic E-state index is 0.0209. The average Bonchev–Trinajstić information content (AvgIpc) is 2.34. The van der Waals surface area contributed by atoms with Crippen molar-refractivity contribution in [2.75, 3.05) is 6.61 Å². The Bertz CT molecular complexity index is 540. The van der Waals surface area contributed by atoms with E-state index in [0.717, 1.165) is 18.9 Å². The van der Waals surface area contributed by atoms with Gasteiger partial charge in [0.25, 0.3) is 0 Å². The van der Waals surface area contributed by atoms with Crippen molar-refractivity contribution >= 4 is 10.8 Å². The van der Waals surface area contributed by atoms with Crippen LogP contribution in [0.25, 0.3) is 10.8 Å². The van der Waals surface area contributed by atoms with Crippen molar-refractivity contribution in [1.82, 2.24) is 0 Å². The monoisotopic (exact) mass is 244 g/mol. The van der Waals surface area contributed by atoms with Gasteiger partial charge in [-0.15, -0.1) is 0 Å². The summed E-state index contributed by atoms with van der Waals surface area (Å²) in [6, 6.07) is 10.5. The molecule has 1 heterocycles. The number of nitrogens with zero attached hydrogens (tertiary/aromatic N) is 1. The van der Waals surface area contributed by atoms with Gasteiger partial charge in [-0.3, -0.25) is 0 Å². The van der Waals surface area contributed by atoms with Crippen LogP contribution in [0.5, 0.6) is 5.88 Å². The molecule has 96 valence electrons. The van der Waals surface area contributed by atoms with E-state index in [4.69, 9.17) is 4.74 Å². The molecule has 18 heavy (non-hydrogen) atoms. The molecule has 0 saturated carbocycles. The molecule has 0 bridgehead atoms. The summed E-state index contributed by atoms with van der Waals surface area (Å²) in [5.41, 5.74) is 0.0209. The van der Waals surface area contributed by atoms with Gasteiger partial charge in [-0.25, -0.2) is 0 Å². The number of fused-ring (bicyclic) bond motifs is 1. The SMILES string of the molecule is CCCOc1c2ccccc2cc[n+]1C(C)(C)C. The van der Waals surface area contributed by atoms with Gasteiger partial charge >= 0.3 is 5.88 Å². The zero-order valence-corrected chi connectivity index (χ0v) is 11.7. The number of hydrogen-bond acceptors (Lipinski definition) is 1. The van der Waals surface area contributed by atoms with Crippen LogP contribution in [-0.2, 0) is 5.54 Å². The van der Waals surface area contributed by atoms with Gasteiger partial charge in [0, 0.05) is 26.8 Å². The highest BCUT2D eigenvalue weighted by Gasteiger charge is 2.28. The summed E-state index contributed by atoms with van der Waals surface area (Å²) in [5, 5.41) is 2.41. The van der Waals surface area contributed by atoms with Gasteiger partial charge < -0.3 is 4.74 Å². The Labute approximate surface area is 109 Å². The maximum atomic E-state index is 5.99. The van der Waals surface area contributed by atoms with E-state index in [-0.39, 0.29) is 5.54 Å². The van der Waals surface area contributed by atoms with Crippen molar-refractivity contribution in [2.45, 2.75) is 39.7 Å². The Hall–Kier alpha value is -1.57. The predicted octanol–water partition coefficient (Wildman–Crippen LogP) is 3.67. The summed E-state index contributed by atoms with van der Waals surface area (Å²) in [6.07, 6.45) is 3.14. The van der Waals surface area contributed by atoms with Crippen LogP contribution in [0, 0.1) is 0 Å². The van der Waals surface area contributed by atoms with Crippen LogP contribution in [-0.4, -0.2) is 6.61 Å². The topological polar surface area (TPSA) is 13.1 Å². The van der Waals surface area contributed by atoms with E-state index in [1.165, 1.54) is 10.8 Å². The average molecular weight is 244 g/mol. The molecule has 2 aromatic rings. The first-order valence-corrected chi connectivity index (χ1v) is 6.60. The van der Waals surface area contributed by atoms with E-state index in [1.54, 1.807) is 0 Å². The molecule has 0 amide bonds. The number of rotatable bonds is 3. The molecular formula is C16H22NO+. The summed E-state index contributed by atoms with van der Waals surface area (Å²) < 4.78 is 8.20. The Morgan fingerprint density at radius 3 is 2.50 bits per heavy atom. The van der Waals surface area contributed by atoms with Gasteiger partial charge in [-0.1, -0.05) is 25.1 Å². The van der Waals surface area contributed by atoms with Crippen molar-refractivity contribution in [3.05, 3.63) is 36.5 Å². The molecule has 0 unspecified atom stereocenters. The second-order valence-electron chi connectivity index (χ2n) is 5.60. The predicted molar refractivity (Wildman–Crippen MR) is 74.9 cm³/mol. The highest BCUT2D eigenvalue weighted by Crippen LogP contribution is 2.24. The van der Waals surface area contributed by atoms with E-state index in [2.05, 4.69) is 68.8 Å². The summed E-state index contributed by atoms with van der Waals surface area (Å²) in [7, 11) is 0. The molecule has 2 heteroatoms. The lowest BCUT2D eigenvalue weighted by Crippen LogP contribution is -2.51. The van der Waals surface area contributed by atoms with Crippen molar-refractivity contribution in [2.24, 2.45) is 0 Å². The molecule has 1 aromatic heterocycles. The largest absolute Gasteiger partial charge is 0.444 e. The molecule has 0 saturated heterocycles. The number of hydrogen-bond donors (Lipinski definition) is 0. The second-order valence-corrected chi connectivity index (χ2v) is 5.60. The van der Waals surface area contributed by atoms with Crippen LogP contribution in [0.4, 0.5) is 0 Å². The number of aromatic nitrogens is 1. The zero-order chi connectivity index (χ0) is 13.2. The van der Waals surface area contributed by atoms with Crippen LogP contribution in [0.2, 0.25) is 0 Å². The third-order valence-corrected chi connectivity index (χ3v) is 2.98. The van der Waals surface area contributed by atoms with E-state index in [0.29, 0.717) is 0 Å². The maximum absolute atomic E-state index is 5.99. The van der Waals surface area contributed by atoms with Crippen LogP contribution in [0.3, 0.4) is 0 Å². The molecule has 2 rings (SSSR count). The zero-order valence-electron chi connectivity index (χ0n) is 11.7. The first-order valence-electron chi connectivity index (χ1n) is 6.60. The third kappa shape index (κ3) is 2.47. The van der Waals surface area contributed by atoms with Crippen molar-refractivity contribution in [3.63, 3.8) is 0 Å². The molecule has 0 aliphatic rings. The molecule has 0 aliphatic carbocycles. The van der Waals surface area contributed by atoms with Crippen LogP contribution in [0.15, 0.2) is 36.5 Å². The molecule has 0 radical (unpaired) electrons. The van der Waals surface area contributed by atoms with Crippen molar-refractivity contribution in [1.29, 1.82) is 0 Å². The lowest BCUT2D eigenvalue weighted by Gasteiger charge is -2.17. The van der Waals surface area contributed by atoms with Gasteiger partial charge in [0.2, 0.25) is 0 Å². The van der Waals surface area contributed by atoms with Gasteiger partial charge in [0.15, 0.2) is 11.7 Å². The second kappa shape index (κ2) is 4.97. The lowest BCUT2D eigenvalue weighted by molar-refractivity contribution is -0.756. The van der Waals surface area contributed by atoms with E-state index in [9.17, 15) is 0 Å². The minimum absolute atomic E-state index is 0.0209. The Morgan fingerprint density at radius 2 is 1.83 bits per heavy atom. The van der Waals surface area contributed by atoms with E-state index < -0.39 is 0 Å². The highest BCUT2D eigenvalue weighted by molar-refractivity contribution is 5.85. The molecule has 1 aromatic carbocycles. The molecule has 0 fully saturated rings. The summed E-state index contributed by atoms with van der Waals surface area (Å²) in [4.78, 5) is 0. The van der Waals surface area contributed by atoms with E-state index >= 15 is 0 Å². The number of benzene rings is 1. The first kappa shape index (κ1) is 12.9.